The standard InChI is InChI=1S/C42H68N6O6/c1-13-28(6)38(47(10)42(52)36(26(2)3)45-41(51)37(27(4)5)46(8)9)34(53-11)25-35(49)48-24-16-20-33(48)39(54-12)29(7)40(50)44-23-21-30-17-14-19-32-31(30)18-15-22-43-32/h14-15,17-19,22,26-29,33-34,36-39H,13,16,20-21,23-25H2,1-12H3,(H,44,50)(H,45,51)/t28-,29+,33-,34+,36-,37-,38?,39+/m0/s1. The molecule has 0 aliphatic carbocycles. The number of nitrogens with zero attached hydrogens (tertiary/aromatic N) is 4. The van der Waals surface area contributed by atoms with Gasteiger partial charge in [-0.3, -0.25) is 29.1 Å². The third kappa shape index (κ3) is 11.0. The van der Waals surface area contributed by atoms with E-state index in [1.807, 2.05) is 82.8 Å². The summed E-state index contributed by atoms with van der Waals surface area (Å²) in [7, 11) is 8.66. The summed E-state index contributed by atoms with van der Waals surface area (Å²) in [5.41, 5.74) is 2.04. The van der Waals surface area contributed by atoms with Crippen molar-refractivity contribution >= 4 is 34.5 Å². The highest BCUT2D eigenvalue weighted by molar-refractivity contribution is 5.90. The number of hydrogen-bond donors (Lipinski definition) is 2. The number of ether oxygens (including phenoxy) is 2. The van der Waals surface area contributed by atoms with E-state index in [4.69, 9.17) is 9.47 Å². The predicted octanol–water partition coefficient (Wildman–Crippen LogP) is 4.54. The quantitative estimate of drug-likeness (QED) is 0.202. The fourth-order valence-corrected chi connectivity index (χ4v) is 8.28. The molecule has 1 aliphatic heterocycles. The van der Waals surface area contributed by atoms with Crippen LogP contribution in [-0.2, 0) is 35.1 Å². The van der Waals surface area contributed by atoms with Gasteiger partial charge in [0.25, 0.3) is 0 Å². The fourth-order valence-electron chi connectivity index (χ4n) is 8.28. The lowest BCUT2D eigenvalue weighted by Gasteiger charge is -2.41. The maximum absolute atomic E-state index is 14.2. The van der Waals surface area contributed by atoms with Crippen LogP contribution in [0.4, 0.5) is 0 Å². The molecule has 0 spiro atoms. The van der Waals surface area contributed by atoms with E-state index in [9.17, 15) is 19.2 Å². The molecular weight excluding hydrogens is 684 g/mol. The van der Waals surface area contributed by atoms with Crippen molar-refractivity contribution in [2.45, 2.75) is 117 Å². The van der Waals surface area contributed by atoms with E-state index in [1.54, 1.807) is 32.4 Å². The minimum absolute atomic E-state index is 0.000330. The van der Waals surface area contributed by atoms with Crippen LogP contribution in [0.1, 0.15) is 79.7 Å². The van der Waals surface area contributed by atoms with Gasteiger partial charge in [0.05, 0.1) is 48.2 Å². The lowest BCUT2D eigenvalue weighted by Crippen LogP contribution is -2.59. The number of fused-ring (bicyclic) bond motifs is 1. The average molecular weight is 753 g/mol. The second-order valence-electron chi connectivity index (χ2n) is 16.0. The summed E-state index contributed by atoms with van der Waals surface area (Å²) in [5, 5.41) is 7.22. The molecule has 0 bridgehead atoms. The number of methoxy groups -OCH3 is 2. The van der Waals surface area contributed by atoms with Gasteiger partial charge in [-0.05, 0) is 68.8 Å². The van der Waals surface area contributed by atoms with Gasteiger partial charge in [-0.15, -0.1) is 0 Å². The number of benzene rings is 1. The number of hydrogen-bond acceptors (Lipinski definition) is 8. The maximum Gasteiger partial charge on any atom is 0.245 e. The minimum atomic E-state index is -0.745. The first-order chi connectivity index (χ1) is 25.6. The molecule has 1 aromatic carbocycles. The number of amides is 4. The summed E-state index contributed by atoms with van der Waals surface area (Å²) in [5.74, 6) is -1.23. The van der Waals surface area contributed by atoms with Crippen LogP contribution >= 0.6 is 0 Å². The van der Waals surface area contributed by atoms with Crippen molar-refractivity contribution in [3.63, 3.8) is 0 Å². The normalized spacial score (nSPS) is 18.6. The topological polar surface area (TPSA) is 133 Å². The zero-order valence-electron chi connectivity index (χ0n) is 34.9. The lowest BCUT2D eigenvalue weighted by atomic mass is 9.89. The van der Waals surface area contributed by atoms with Crippen molar-refractivity contribution in [3.8, 4) is 0 Å². The highest BCUT2D eigenvalue weighted by Gasteiger charge is 2.43. The largest absolute Gasteiger partial charge is 0.379 e. The van der Waals surface area contributed by atoms with E-state index >= 15 is 0 Å². The zero-order valence-corrected chi connectivity index (χ0v) is 34.9. The number of likely N-dealkylation sites (N-methyl/N-ethyl adjacent to an activating group) is 2. The summed E-state index contributed by atoms with van der Waals surface area (Å²) < 4.78 is 12.0. The predicted molar refractivity (Wildman–Crippen MR) is 214 cm³/mol. The number of nitrogens with one attached hydrogen (secondary N) is 2. The Hall–Kier alpha value is -3.61. The smallest absolute Gasteiger partial charge is 0.245 e. The molecule has 3 rings (SSSR count). The van der Waals surface area contributed by atoms with E-state index in [-0.39, 0.29) is 59.9 Å². The Balaban J connectivity index is 1.73. The fraction of sp³-hybridized carbons (Fsp3) is 0.690. The molecule has 2 aromatic rings. The van der Waals surface area contributed by atoms with Crippen molar-refractivity contribution in [1.29, 1.82) is 0 Å². The highest BCUT2D eigenvalue weighted by atomic mass is 16.5. The van der Waals surface area contributed by atoms with E-state index in [0.717, 1.165) is 35.7 Å². The van der Waals surface area contributed by atoms with Crippen molar-refractivity contribution < 1.29 is 28.7 Å². The number of carbonyl (C=O) groups excluding carboxylic acids is 4. The van der Waals surface area contributed by atoms with Gasteiger partial charge < -0.3 is 29.9 Å². The zero-order chi connectivity index (χ0) is 40.3. The van der Waals surface area contributed by atoms with Gasteiger partial charge in [0.15, 0.2) is 0 Å². The molecule has 2 N–H and O–H groups in total. The van der Waals surface area contributed by atoms with Crippen LogP contribution < -0.4 is 10.6 Å². The van der Waals surface area contributed by atoms with Gasteiger partial charge in [-0.25, -0.2) is 0 Å². The first kappa shape index (κ1) is 44.8. The number of likely N-dealkylation sites (tertiary alicyclic amines) is 1. The van der Waals surface area contributed by atoms with E-state index < -0.39 is 30.2 Å². The van der Waals surface area contributed by atoms with Crippen LogP contribution in [-0.4, -0.2) is 128 Å². The Kier molecular flexibility index (Phi) is 17.3. The summed E-state index contributed by atoms with van der Waals surface area (Å²) in [6.45, 7) is 14.8. The Bertz CT molecular complexity index is 1520. The third-order valence-corrected chi connectivity index (χ3v) is 11.4. The molecule has 2 heterocycles. The molecule has 8 atom stereocenters. The van der Waals surface area contributed by atoms with Crippen LogP contribution in [0.25, 0.3) is 10.9 Å². The molecule has 1 aliphatic rings. The second kappa shape index (κ2) is 20.9. The summed E-state index contributed by atoms with van der Waals surface area (Å²) in [4.78, 5) is 65.2. The molecule has 1 aromatic heterocycles. The molecule has 54 heavy (non-hydrogen) atoms. The summed E-state index contributed by atoms with van der Waals surface area (Å²) in [6, 6.07) is 8.14. The van der Waals surface area contributed by atoms with Crippen LogP contribution in [0.3, 0.4) is 0 Å². The second-order valence-corrected chi connectivity index (χ2v) is 16.0. The van der Waals surface area contributed by atoms with Gasteiger partial charge >= 0.3 is 0 Å². The maximum atomic E-state index is 14.2. The molecule has 0 saturated carbocycles. The molecule has 302 valence electrons. The van der Waals surface area contributed by atoms with E-state index in [2.05, 4.69) is 35.5 Å². The van der Waals surface area contributed by atoms with Crippen LogP contribution in [0.15, 0.2) is 36.5 Å². The number of pyridine rings is 1. The Morgan fingerprint density at radius 3 is 2.24 bits per heavy atom. The summed E-state index contributed by atoms with van der Waals surface area (Å²) in [6.07, 6.45) is 3.68. The van der Waals surface area contributed by atoms with E-state index in [1.165, 1.54) is 0 Å². The van der Waals surface area contributed by atoms with Gasteiger partial charge in [0.2, 0.25) is 23.6 Å². The molecule has 1 fully saturated rings. The van der Waals surface area contributed by atoms with Gasteiger partial charge in [0, 0.05) is 45.9 Å². The molecular formula is C42H68N6O6. The monoisotopic (exact) mass is 753 g/mol. The van der Waals surface area contributed by atoms with E-state index in [0.29, 0.717) is 19.5 Å². The number of aromatic nitrogens is 1. The number of rotatable bonds is 20. The molecule has 1 saturated heterocycles. The van der Waals surface area contributed by atoms with Gasteiger partial charge in [-0.1, -0.05) is 73.1 Å². The molecule has 12 heteroatoms. The minimum Gasteiger partial charge on any atom is -0.379 e. The first-order valence-electron chi connectivity index (χ1n) is 19.8. The molecule has 1 unspecified atom stereocenters. The van der Waals surface area contributed by atoms with Gasteiger partial charge in [0.1, 0.15) is 6.04 Å². The highest BCUT2D eigenvalue weighted by Crippen LogP contribution is 2.30. The third-order valence-electron chi connectivity index (χ3n) is 11.4. The van der Waals surface area contributed by atoms with Crippen LogP contribution in [0.2, 0.25) is 0 Å². The van der Waals surface area contributed by atoms with Crippen LogP contribution in [0.5, 0.6) is 0 Å². The van der Waals surface area contributed by atoms with Crippen molar-refractivity contribution in [2.24, 2.45) is 23.7 Å². The molecule has 12 nitrogen and oxygen atoms in total. The van der Waals surface area contributed by atoms with Gasteiger partial charge in [-0.2, -0.15) is 0 Å². The summed E-state index contributed by atoms with van der Waals surface area (Å²) >= 11 is 0. The van der Waals surface area contributed by atoms with Crippen molar-refractivity contribution in [2.75, 3.05) is 48.5 Å². The Labute approximate surface area is 324 Å². The van der Waals surface area contributed by atoms with Crippen molar-refractivity contribution in [3.05, 3.63) is 42.1 Å². The Morgan fingerprint density at radius 2 is 1.65 bits per heavy atom. The Morgan fingerprint density at radius 1 is 0.944 bits per heavy atom. The van der Waals surface area contributed by atoms with Crippen molar-refractivity contribution in [1.82, 2.24) is 30.3 Å². The average Bonchev–Trinajstić information content (AvgIpc) is 3.62. The first-order valence-corrected chi connectivity index (χ1v) is 19.8. The molecule has 4 amide bonds. The number of carbonyl (C=O) groups is 4. The molecule has 0 radical (unpaired) electrons. The SMILES string of the molecule is CC[C@H](C)C([C@@H](CC(=O)N1CCC[C@H]1[C@H](OC)[C@@H](C)C(=O)NCCc1cccc2ncccc12)OC)N(C)C(=O)[C@@H](NC(=O)[C@H](C(C)C)N(C)C)C(C)C. The lowest BCUT2D eigenvalue weighted by molar-refractivity contribution is -0.148. The van der Waals surface area contributed by atoms with Crippen LogP contribution in [0, 0.1) is 23.7 Å².